The summed E-state index contributed by atoms with van der Waals surface area (Å²) in [6, 6.07) is 1.91. The highest BCUT2D eigenvalue weighted by Crippen LogP contribution is 2.28. The zero-order chi connectivity index (χ0) is 9.80. The van der Waals surface area contributed by atoms with E-state index in [9.17, 15) is 0 Å². The normalized spacial score (nSPS) is 16.4. The van der Waals surface area contributed by atoms with Crippen LogP contribution in [-0.2, 0) is 0 Å². The summed E-state index contributed by atoms with van der Waals surface area (Å²) in [6.07, 6.45) is 7.31. The van der Waals surface area contributed by atoms with E-state index in [0.717, 1.165) is 24.1 Å². The maximum atomic E-state index is 4.29. The van der Waals surface area contributed by atoms with Crippen molar-refractivity contribution in [1.82, 2.24) is 9.97 Å². The number of hydrogen-bond donors (Lipinski definition) is 1. The van der Waals surface area contributed by atoms with Gasteiger partial charge in [0.15, 0.2) is 0 Å². The van der Waals surface area contributed by atoms with Crippen LogP contribution in [0.1, 0.15) is 31.4 Å². The summed E-state index contributed by atoms with van der Waals surface area (Å²) < 4.78 is 0. The van der Waals surface area contributed by atoms with Gasteiger partial charge in [0.2, 0.25) is 5.95 Å². The summed E-state index contributed by atoms with van der Waals surface area (Å²) in [6.45, 7) is 2.99. The van der Waals surface area contributed by atoms with Gasteiger partial charge in [0.1, 0.15) is 0 Å². The monoisotopic (exact) mass is 191 g/mol. The minimum absolute atomic E-state index is 0.768. The zero-order valence-corrected chi connectivity index (χ0v) is 8.66. The third kappa shape index (κ3) is 2.44. The van der Waals surface area contributed by atoms with Crippen LogP contribution in [0.5, 0.6) is 0 Å². The van der Waals surface area contributed by atoms with Crippen molar-refractivity contribution in [1.29, 1.82) is 0 Å². The Kier molecular flexibility index (Phi) is 2.96. The third-order valence-electron chi connectivity index (χ3n) is 2.86. The van der Waals surface area contributed by atoms with E-state index in [1.165, 1.54) is 25.7 Å². The van der Waals surface area contributed by atoms with Gasteiger partial charge in [-0.1, -0.05) is 19.3 Å². The lowest BCUT2D eigenvalue weighted by Crippen LogP contribution is -2.16. The van der Waals surface area contributed by atoms with Gasteiger partial charge in [0.25, 0.3) is 0 Å². The molecule has 0 amide bonds. The molecule has 3 heteroatoms. The largest absolute Gasteiger partial charge is 0.354 e. The van der Waals surface area contributed by atoms with Gasteiger partial charge in [-0.15, -0.1) is 0 Å². The first-order valence-electron chi connectivity index (χ1n) is 5.38. The fourth-order valence-corrected chi connectivity index (χ4v) is 1.70. The molecular weight excluding hydrogens is 174 g/mol. The predicted octanol–water partition coefficient (Wildman–Crippen LogP) is 2.39. The van der Waals surface area contributed by atoms with Crippen LogP contribution in [0.2, 0.25) is 0 Å². The van der Waals surface area contributed by atoms with Crippen LogP contribution in [0.3, 0.4) is 0 Å². The number of anilines is 1. The average molecular weight is 191 g/mol. The highest BCUT2D eigenvalue weighted by atomic mass is 15.1. The molecule has 0 bridgehead atoms. The van der Waals surface area contributed by atoms with Crippen LogP contribution < -0.4 is 5.32 Å². The molecule has 1 aliphatic carbocycles. The molecule has 0 unspecified atom stereocenters. The Balaban J connectivity index is 1.74. The first-order valence-corrected chi connectivity index (χ1v) is 5.38. The lowest BCUT2D eigenvalue weighted by molar-refractivity contribution is 0.303. The summed E-state index contributed by atoms with van der Waals surface area (Å²) in [7, 11) is 0. The van der Waals surface area contributed by atoms with E-state index < -0.39 is 0 Å². The molecule has 1 aromatic rings. The molecule has 0 radical (unpaired) electrons. The van der Waals surface area contributed by atoms with Crippen molar-refractivity contribution in [3.8, 4) is 0 Å². The van der Waals surface area contributed by atoms with E-state index in [2.05, 4.69) is 15.3 Å². The lowest BCUT2D eigenvalue weighted by Gasteiger charge is -2.25. The smallest absolute Gasteiger partial charge is 0.222 e. The molecule has 0 atom stereocenters. The zero-order valence-electron chi connectivity index (χ0n) is 8.66. The molecule has 1 heterocycles. The Morgan fingerprint density at radius 1 is 1.50 bits per heavy atom. The highest BCUT2D eigenvalue weighted by molar-refractivity contribution is 5.24. The van der Waals surface area contributed by atoms with E-state index in [4.69, 9.17) is 0 Å². The van der Waals surface area contributed by atoms with Crippen LogP contribution >= 0.6 is 0 Å². The van der Waals surface area contributed by atoms with Crippen molar-refractivity contribution in [2.24, 2.45) is 5.92 Å². The standard InChI is InChI=1S/C11H17N3/c1-9-5-7-12-11(14-9)13-8-6-10-3-2-4-10/h5,7,10H,2-4,6,8H2,1H3,(H,12,13,14). The van der Waals surface area contributed by atoms with Crippen molar-refractivity contribution in [3.63, 3.8) is 0 Å². The summed E-state index contributed by atoms with van der Waals surface area (Å²) in [5.41, 5.74) is 1.02. The predicted molar refractivity (Wildman–Crippen MR) is 57.2 cm³/mol. The number of rotatable bonds is 4. The van der Waals surface area contributed by atoms with Crippen molar-refractivity contribution < 1.29 is 0 Å². The summed E-state index contributed by atoms with van der Waals surface area (Å²) >= 11 is 0. The molecule has 1 saturated carbocycles. The Bertz CT molecular complexity index is 294. The molecule has 0 aliphatic heterocycles. The Hall–Kier alpha value is -1.12. The highest BCUT2D eigenvalue weighted by Gasteiger charge is 2.16. The van der Waals surface area contributed by atoms with Crippen LogP contribution in [0.15, 0.2) is 12.3 Å². The fourth-order valence-electron chi connectivity index (χ4n) is 1.70. The second-order valence-electron chi connectivity index (χ2n) is 4.03. The molecular formula is C11H17N3. The van der Waals surface area contributed by atoms with Crippen LogP contribution in [0.4, 0.5) is 5.95 Å². The van der Waals surface area contributed by atoms with Crippen molar-refractivity contribution in [3.05, 3.63) is 18.0 Å². The summed E-state index contributed by atoms with van der Waals surface area (Å²) in [4.78, 5) is 8.45. The lowest BCUT2D eigenvalue weighted by atomic mass is 9.83. The summed E-state index contributed by atoms with van der Waals surface area (Å²) in [5, 5.41) is 3.26. The van der Waals surface area contributed by atoms with E-state index in [0.29, 0.717) is 0 Å². The molecule has 1 aliphatic rings. The Labute approximate surface area is 85.0 Å². The van der Waals surface area contributed by atoms with Crippen molar-refractivity contribution >= 4 is 5.95 Å². The minimum atomic E-state index is 0.768. The second kappa shape index (κ2) is 4.40. The Morgan fingerprint density at radius 2 is 2.36 bits per heavy atom. The SMILES string of the molecule is Cc1ccnc(NCCC2CCC2)n1. The van der Waals surface area contributed by atoms with Gasteiger partial charge in [0.05, 0.1) is 0 Å². The molecule has 0 spiro atoms. The average Bonchev–Trinajstić information content (AvgIpc) is 2.09. The maximum Gasteiger partial charge on any atom is 0.222 e. The van der Waals surface area contributed by atoms with Crippen molar-refractivity contribution in [2.75, 3.05) is 11.9 Å². The molecule has 1 aromatic heterocycles. The number of aryl methyl sites for hydroxylation is 1. The van der Waals surface area contributed by atoms with Gasteiger partial charge < -0.3 is 5.32 Å². The molecule has 1 N–H and O–H groups in total. The second-order valence-corrected chi connectivity index (χ2v) is 4.03. The minimum Gasteiger partial charge on any atom is -0.354 e. The number of hydrogen-bond acceptors (Lipinski definition) is 3. The Morgan fingerprint density at radius 3 is 3.00 bits per heavy atom. The molecule has 3 nitrogen and oxygen atoms in total. The maximum absolute atomic E-state index is 4.29. The van der Waals surface area contributed by atoms with Gasteiger partial charge in [0, 0.05) is 18.4 Å². The number of nitrogens with zero attached hydrogens (tertiary/aromatic N) is 2. The van der Waals surface area contributed by atoms with Gasteiger partial charge >= 0.3 is 0 Å². The van der Waals surface area contributed by atoms with E-state index in [1.807, 2.05) is 13.0 Å². The molecule has 0 aromatic carbocycles. The molecule has 1 fully saturated rings. The molecule has 0 saturated heterocycles. The van der Waals surface area contributed by atoms with Gasteiger partial charge in [-0.2, -0.15) is 0 Å². The first-order chi connectivity index (χ1) is 6.84. The van der Waals surface area contributed by atoms with E-state index in [1.54, 1.807) is 6.20 Å². The van der Waals surface area contributed by atoms with Crippen molar-refractivity contribution in [2.45, 2.75) is 32.6 Å². The van der Waals surface area contributed by atoms with E-state index in [-0.39, 0.29) is 0 Å². The van der Waals surface area contributed by atoms with Crippen LogP contribution in [0, 0.1) is 12.8 Å². The van der Waals surface area contributed by atoms with E-state index >= 15 is 0 Å². The third-order valence-corrected chi connectivity index (χ3v) is 2.86. The van der Waals surface area contributed by atoms with Gasteiger partial charge in [-0.05, 0) is 25.3 Å². The fraction of sp³-hybridized carbons (Fsp3) is 0.636. The van der Waals surface area contributed by atoms with Crippen LogP contribution in [-0.4, -0.2) is 16.5 Å². The first kappa shape index (κ1) is 9.44. The number of nitrogens with one attached hydrogen (secondary N) is 1. The molecule has 14 heavy (non-hydrogen) atoms. The van der Waals surface area contributed by atoms with Gasteiger partial charge in [-0.25, -0.2) is 9.97 Å². The molecule has 2 rings (SSSR count). The topological polar surface area (TPSA) is 37.8 Å². The number of aromatic nitrogens is 2. The van der Waals surface area contributed by atoms with Gasteiger partial charge in [-0.3, -0.25) is 0 Å². The summed E-state index contributed by atoms with van der Waals surface area (Å²) in [5.74, 6) is 1.72. The quantitative estimate of drug-likeness (QED) is 0.794. The molecule has 76 valence electrons. The van der Waals surface area contributed by atoms with Crippen LogP contribution in [0.25, 0.3) is 0 Å².